The maximum absolute atomic E-state index is 6.04. The van der Waals surface area contributed by atoms with E-state index in [1.54, 1.807) is 6.07 Å². The number of halogens is 2. The summed E-state index contributed by atoms with van der Waals surface area (Å²) in [4.78, 5) is 0. The number of aromatic nitrogens is 3. The Morgan fingerprint density at radius 1 is 1.00 bits per heavy atom. The van der Waals surface area contributed by atoms with Gasteiger partial charge in [0.25, 0.3) is 0 Å². The van der Waals surface area contributed by atoms with Crippen LogP contribution in [-0.4, -0.2) is 15.0 Å². The number of fused-ring (bicyclic) bond motifs is 1. The lowest BCUT2D eigenvalue weighted by Gasteiger charge is -2.05. The second-order valence-electron chi connectivity index (χ2n) is 4.92. The van der Waals surface area contributed by atoms with Crippen molar-refractivity contribution >= 4 is 34.2 Å². The minimum absolute atomic E-state index is 0.556. The van der Waals surface area contributed by atoms with Crippen LogP contribution in [0.2, 0.25) is 10.0 Å². The van der Waals surface area contributed by atoms with Gasteiger partial charge in [-0.25, -0.2) is 4.68 Å². The summed E-state index contributed by atoms with van der Waals surface area (Å²) >= 11 is 12.0. The third-order valence-corrected chi connectivity index (χ3v) is 4.18. The largest absolute Gasteiger partial charge is 0.240 e. The van der Waals surface area contributed by atoms with Gasteiger partial charge >= 0.3 is 0 Å². The average molecular weight is 306 g/mol. The van der Waals surface area contributed by atoms with Crippen molar-refractivity contribution in [2.75, 3.05) is 0 Å². The zero-order valence-corrected chi connectivity index (χ0v) is 12.7. The van der Waals surface area contributed by atoms with Crippen molar-refractivity contribution in [2.24, 2.45) is 0 Å². The second-order valence-corrected chi connectivity index (χ2v) is 5.74. The Bertz CT molecular complexity index is 793. The number of hydrogen-bond donors (Lipinski definition) is 0. The molecule has 0 N–H and O–H groups in total. The van der Waals surface area contributed by atoms with E-state index in [9.17, 15) is 0 Å². The normalized spacial score (nSPS) is 11.2. The molecular formula is C15H13Cl2N3. The topological polar surface area (TPSA) is 30.7 Å². The van der Waals surface area contributed by atoms with E-state index in [2.05, 4.69) is 36.3 Å². The highest BCUT2D eigenvalue weighted by atomic mass is 35.5. The molecule has 3 aromatic rings. The fourth-order valence-electron chi connectivity index (χ4n) is 2.15. The van der Waals surface area contributed by atoms with E-state index in [0.717, 1.165) is 16.6 Å². The van der Waals surface area contributed by atoms with Crippen molar-refractivity contribution in [3.05, 3.63) is 57.1 Å². The van der Waals surface area contributed by atoms with E-state index in [1.165, 1.54) is 11.1 Å². The zero-order valence-electron chi connectivity index (χ0n) is 11.2. The first kappa shape index (κ1) is 13.4. The summed E-state index contributed by atoms with van der Waals surface area (Å²) in [6.45, 7) is 4.79. The van der Waals surface area contributed by atoms with Crippen LogP contribution < -0.4 is 0 Å². The Morgan fingerprint density at radius 2 is 1.75 bits per heavy atom. The van der Waals surface area contributed by atoms with Gasteiger partial charge < -0.3 is 0 Å². The third kappa shape index (κ3) is 2.39. The van der Waals surface area contributed by atoms with Crippen LogP contribution in [-0.2, 0) is 6.54 Å². The Labute approximate surface area is 127 Å². The summed E-state index contributed by atoms with van der Waals surface area (Å²) in [7, 11) is 0. The minimum atomic E-state index is 0.556. The molecule has 1 heterocycles. The summed E-state index contributed by atoms with van der Waals surface area (Å²) in [5.74, 6) is 0. The molecule has 0 radical (unpaired) electrons. The van der Waals surface area contributed by atoms with Gasteiger partial charge in [-0.3, -0.25) is 0 Å². The second kappa shape index (κ2) is 5.08. The molecule has 0 fully saturated rings. The Kier molecular flexibility index (Phi) is 3.40. The van der Waals surface area contributed by atoms with Gasteiger partial charge in [-0.05, 0) is 54.8 Å². The van der Waals surface area contributed by atoms with Crippen molar-refractivity contribution in [1.29, 1.82) is 0 Å². The predicted octanol–water partition coefficient (Wildman–Crippen LogP) is 4.40. The lowest BCUT2D eigenvalue weighted by Crippen LogP contribution is -2.02. The molecular weight excluding hydrogens is 293 g/mol. The predicted molar refractivity (Wildman–Crippen MR) is 82.6 cm³/mol. The first-order valence-electron chi connectivity index (χ1n) is 6.29. The quantitative estimate of drug-likeness (QED) is 0.702. The molecule has 0 bridgehead atoms. The smallest absolute Gasteiger partial charge is 0.113 e. The third-order valence-electron chi connectivity index (χ3n) is 3.45. The van der Waals surface area contributed by atoms with E-state index >= 15 is 0 Å². The molecule has 2 aromatic carbocycles. The Morgan fingerprint density at radius 3 is 2.50 bits per heavy atom. The van der Waals surface area contributed by atoms with Crippen LogP contribution in [0, 0.1) is 13.8 Å². The van der Waals surface area contributed by atoms with Crippen molar-refractivity contribution in [2.45, 2.75) is 20.4 Å². The zero-order chi connectivity index (χ0) is 14.3. The van der Waals surface area contributed by atoms with Crippen molar-refractivity contribution in [3.63, 3.8) is 0 Å². The van der Waals surface area contributed by atoms with Crippen LogP contribution in [0.1, 0.15) is 16.7 Å². The molecule has 1 aromatic heterocycles. The number of hydrogen-bond acceptors (Lipinski definition) is 2. The highest BCUT2D eigenvalue weighted by Gasteiger charge is 2.08. The maximum Gasteiger partial charge on any atom is 0.113 e. The minimum Gasteiger partial charge on any atom is -0.240 e. The standard InChI is InChI=1S/C15H13Cl2N3/c1-9-5-14-15(6-10(9)2)20(19-18-14)8-11-3-4-12(16)13(17)7-11/h3-7H,8H2,1-2H3. The van der Waals surface area contributed by atoms with Crippen molar-refractivity contribution in [3.8, 4) is 0 Å². The molecule has 102 valence electrons. The molecule has 0 saturated carbocycles. The van der Waals surface area contributed by atoms with Gasteiger partial charge in [0, 0.05) is 0 Å². The summed E-state index contributed by atoms with van der Waals surface area (Å²) in [5, 5.41) is 9.54. The highest BCUT2D eigenvalue weighted by Crippen LogP contribution is 2.24. The van der Waals surface area contributed by atoms with Gasteiger partial charge in [0.1, 0.15) is 5.52 Å². The summed E-state index contributed by atoms with van der Waals surface area (Å²) < 4.78 is 1.88. The molecule has 0 saturated heterocycles. The molecule has 3 nitrogen and oxygen atoms in total. The van der Waals surface area contributed by atoms with Gasteiger partial charge in [0.2, 0.25) is 0 Å². The number of nitrogens with zero attached hydrogens (tertiary/aromatic N) is 3. The van der Waals surface area contributed by atoms with Crippen LogP contribution in [0.25, 0.3) is 11.0 Å². The monoisotopic (exact) mass is 305 g/mol. The molecule has 0 unspecified atom stereocenters. The molecule has 0 atom stereocenters. The lowest BCUT2D eigenvalue weighted by atomic mass is 10.1. The average Bonchev–Trinajstić information content (AvgIpc) is 2.77. The maximum atomic E-state index is 6.04. The summed E-state index contributed by atoms with van der Waals surface area (Å²) in [6.07, 6.45) is 0. The van der Waals surface area contributed by atoms with E-state index < -0.39 is 0 Å². The Balaban J connectivity index is 2.02. The molecule has 0 spiro atoms. The molecule has 0 aliphatic rings. The van der Waals surface area contributed by atoms with Crippen LogP contribution in [0.3, 0.4) is 0 Å². The van der Waals surface area contributed by atoms with E-state index in [1.807, 2.05) is 16.8 Å². The molecule has 20 heavy (non-hydrogen) atoms. The van der Waals surface area contributed by atoms with E-state index in [0.29, 0.717) is 16.6 Å². The number of aryl methyl sites for hydroxylation is 2. The van der Waals surface area contributed by atoms with Crippen molar-refractivity contribution < 1.29 is 0 Å². The van der Waals surface area contributed by atoms with Gasteiger partial charge in [-0.2, -0.15) is 0 Å². The van der Waals surface area contributed by atoms with Gasteiger partial charge in [-0.15, -0.1) is 5.10 Å². The first-order chi connectivity index (χ1) is 9.54. The molecule has 0 aliphatic carbocycles. The summed E-state index contributed by atoms with van der Waals surface area (Å²) in [6, 6.07) is 9.78. The van der Waals surface area contributed by atoms with Crippen LogP contribution >= 0.6 is 23.2 Å². The Hall–Kier alpha value is -1.58. The van der Waals surface area contributed by atoms with E-state index in [-0.39, 0.29) is 0 Å². The van der Waals surface area contributed by atoms with E-state index in [4.69, 9.17) is 23.2 Å². The molecule has 0 aliphatic heterocycles. The first-order valence-corrected chi connectivity index (χ1v) is 7.04. The van der Waals surface area contributed by atoms with Crippen LogP contribution in [0.4, 0.5) is 0 Å². The summed E-state index contributed by atoms with van der Waals surface area (Å²) in [5.41, 5.74) is 5.44. The van der Waals surface area contributed by atoms with Crippen molar-refractivity contribution in [1.82, 2.24) is 15.0 Å². The fraction of sp³-hybridized carbons (Fsp3) is 0.200. The van der Waals surface area contributed by atoms with Gasteiger partial charge in [0.15, 0.2) is 0 Å². The fourth-order valence-corrected chi connectivity index (χ4v) is 2.47. The molecule has 0 amide bonds. The number of rotatable bonds is 2. The molecule has 5 heteroatoms. The SMILES string of the molecule is Cc1cc2nnn(Cc3ccc(Cl)c(Cl)c3)c2cc1C. The molecule has 3 rings (SSSR count). The lowest BCUT2D eigenvalue weighted by molar-refractivity contribution is 0.670. The van der Waals surface area contributed by atoms with Crippen LogP contribution in [0.5, 0.6) is 0 Å². The highest BCUT2D eigenvalue weighted by molar-refractivity contribution is 6.42. The number of benzene rings is 2. The van der Waals surface area contributed by atoms with Crippen LogP contribution in [0.15, 0.2) is 30.3 Å². The van der Waals surface area contributed by atoms with Gasteiger partial charge in [-0.1, -0.05) is 34.5 Å². The van der Waals surface area contributed by atoms with Gasteiger partial charge in [0.05, 0.1) is 22.1 Å².